The molecule has 1 saturated heterocycles. The third-order valence-electron chi connectivity index (χ3n) is 6.09. The van der Waals surface area contributed by atoms with Crippen molar-refractivity contribution in [1.29, 1.82) is 0 Å². The number of halogens is 1. The molecule has 1 fully saturated rings. The summed E-state index contributed by atoms with van der Waals surface area (Å²) in [4.78, 5) is 41.8. The number of nitrogens with zero attached hydrogens (tertiary/aromatic N) is 2. The van der Waals surface area contributed by atoms with E-state index >= 15 is 0 Å². The van der Waals surface area contributed by atoms with Crippen molar-refractivity contribution in [2.24, 2.45) is 5.14 Å². The van der Waals surface area contributed by atoms with E-state index in [0.29, 0.717) is 17.0 Å². The van der Waals surface area contributed by atoms with Crippen molar-refractivity contribution in [3.8, 4) is 5.75 Å². The van der Waals surface area contributed by atoms with Gasteiger partial charge in [-0.05, 0) is 60.5 Å². The SMILES string of the molecule is COc1ccc(N2C(=O)CC(N(CCc3ccc(S(N)(=O)=O)cc3)C(=O)c3ccccc3F)C2=O)cc1. The zero-order chi connectivity index (χ0) is 26.7. The van der Waals surface area contributed by atoms with Crippen LogP contribution in [0.5, 0.6) is 5.75 Å². The van der Waals surface area contributed by atoms with Crippen LogP contribution in [-0.4, -0.2) is 50.7 Å². The van der Waals surface area contributed by atoms with Gasteiger partial charge in [-0.1, -0.05) is 24.3 Å². The minimum atomic E-state index is -3.87. The Morgan fingerprint density at radius 2 is 1.70 bits per heavy atom. The monoisotopic (exact) mass is 525 g/mol. The Hall–Kier alpha value is -4.09. The largest absolute Gasteiger partial charge is 0.497 e. The Morgan fingerprint density at radius 1 is 1.05 bits per heavy atom. The zero-order valence-corrected chi connectivity index (χ0v) is 20.7. The number of amides is 3. The summed E-state index contributed by atoms with van der Waals surface area (Å²) in [6.45, 7) is -0.0258. The highest BCUT2D eigenvalue weighted by molar-refractivity contribution is 7.89. The number of imide groups is 1. The molecule has 3 amide bonds. The number of sulfonamides is 1. The smallest absolute Gasteiger partial charge is 0.257 e. The molecule has 0 spiro atoms. The number of anilines is 1. The Bertz CT molecular complexity index is 1440. The van der Waals surface area contributed by atoms with Crippen molar-refractivity contribution in [2.75, 3.05) is 18.6 Å². The van der Waals surface area contributed by atoms with E-state index in [-0.39, 0.29) is 29.8 Å². The van der Waals surface area contributed by atoms with E-state index in [2.05, 4.69) is 0 Å². The van der Waals surface area contributed by atoms with Crippen LogP contribution in [0, 0.1) is 5.82 Å². The molecule has 3 aromatic rings. The molecule has 0 bridgehead atoms. The normalized spacial score (nSPS) is 15.6. The van der Waals surface area contributed by atoms with Gasteiger partial charge in [0.05, 0.1) is 29.7 Å². The van der Waals surface area contributed by atoms with Gasteiger partial charge < -0.3 is 9.64 Å². The van der Waals surface area contributed by atoms with Crippen molar-refractivity contribution in [2.45, 2.75) is 23.8 Å². The maximum atomic E-state index is 14.5. The highest BCUT2D eigenvalue weighted by Crippen LogP contribution is 2.28. The van der Waals surface area contributed by atoms with Crippen LogP contribution < -0.4 is 14.8 Å². The van der Waals surface area contributed by atoms with Crippen LogP contribution >= 0.6 is 0 Å². The lowest BCUT2D eigenvalue weighted by Crippen LogP contribution is -2.46. The van der Waals surface area contributed by atoms with Crippen molar-refractivity contribution in [3.63, 3.8) is 0 Å². The molecule has 1 aliphatic rings. The van der Waals surface area contributed by atoms with E-state index in [1.807, 2.05) is 0 Å². The second-order valence-electron chi connectivity index (χ2n) is 8.40. The van der Waals surface area contributed by atoms with Gasteiger partial charge in [0, 0.05) is 6.54 Å². The molecule has 0 radical (unpaired) electrons. The van der Waals surface area contributed by atoms with Gasteiger partial charge in [-0.15, -0.1) is 0 Å². The molecule has 3 aromatic carbocycles. The highest BCUT2D eigenvalue weighted by atomic mass is 32.2. The van der Waals surface area contributed by atoms with Gasteiger partial charge in [0.25, 0.3) is 11.8 Å². The summed E-state index contributed by atoms with van der Waals surface area (Å²) in [6, 6.07) is 16.3. The fraction of sp³-hybridized carbons (Fsp3) is 0.192. The number of hydrogen-bond donors (Lipinski definition) is 1. The Balaban J connectivity index is 1.63. The molecule has 0 aromatic heterocycles. The van der Waals surface area contributed by atoms with E-state index in [4.69, 9.17) is 9.88 Å². The number of benzene rings is 3. The van der Waals surface area contributed by atoms with Crippen LogP contribution in [0.25, 0.3) is 0 Å². The third kappa shape index (κ3) is 5.52. The lowest BCUT2D eigenvalue weighted by molar-refractivity contribution is -0.122. The van der Waals surface area contributed by atoms with Crippen LogP contribution in [0.1, 0.15) is 22.3 Å². The molecule has 2 N–H and O–H groups in total. The second kappa shape index (κ2) is 10.5. The van der Waals surface area contributed by atoms with E-state index in [0.717, 1.165) is 11.0 Å². The van der Waals surface area contributed by atoms with Crippen LogP contribution in [0.15, 0.2) is 77.7 Å². The number of hydrogen-bond acceptors (Lipinski definition) is 6. The van der Waals surface area contributed by atoms with Gasteiger partial charge in [0.2, 0.25) is 15.9 Å². The predicted octanol–water partition coefficient (Wildman–Crippen LogP) is 2.50. The van der Waals surface area contributed by atoms with E-state index < -0.39 is 39.6 Å². The summed E-state index contributed by atoms with van der Waals surface area (Å²) in [5.41, 5.74) is 0.757. The molecule has 9 nitrogen and oxygen atoms in total. The topological polar surface area (TPSA) is 127 Å². The number of ether oxygens (including phenoxy) is 1. The molecule has 0 saturated carbocycles. The molecule has 4 rings (SSSR count). The molecule has 11 heteroatoms. The number of methoxy groups -OCH3 is 1. The summed E-state index contributed by atoms with van der Waals surface area (Å²) in [5.74, 6) is -2.04. The molecule has 1 heterocycles. The third-order valence-corrected chi connectivity index (χ3v) is 7.02. The quantitative estimate of drug-likeness (QED) is 0.450. The summed E-state index contributed by atoms with van der Waals surface area (Å²) in [5, 5.41) is 5.14. The van der Waals surface area contributed by atoms with Crippen LogP contribution in [0.4, 0.5) is 10.1 Å². The van der Waals surface area contributed by atoms with Gasteiger partial charge in [0.1, 0.15) is 17.6 Å². The van der Waals surface area contributed by atoms with Crippen molar-refractivity contribution >= 4 is 33.4 Å². The first kappa shape index (κ1) is 26.0. The van der Waals surface area contributed by atoms with Crippen molar-refractivity contribution in [1.82, 2.24) is 4.90 Å². The van der Waals surface area contributed by atoms with E-state index in [1.54, 1.807) is 24.3 Å². The first-order valence-corrected chi connectivity index (χ1v) is 12.8. The van der Waals surface area contributed by atoms with Gasteiger partial charge in [-0.2, -0.15) is 0 Å². The zero-order valence-electron chi connectivity index (χ0n) is 19.8. The molecule has 1 aliphatic heterocycles. The lowest BCUT2D eigenvalue weighted by atomic mass is 10.1. The summed E-state index contributed by atoms with van der Waals surface area (Å²) < 4.78 is 42.7. The Morgan fingerprint density at radius 3 is 2.30 bits per heavy atom. The molecule has 0 aliphatic carbocycles. The van der Waals surface area contributed by atoms with Crippen molar-refractivity contribution < 1.29 is 31.9 Å². The standard InChI is InChI=1S/C26H24FN3O6S/c1-36-19-10-8-18(9-11-19)30-24(31)16-23(26(30)33)29(25(32)21-4-2-3-5-22(21)27)15-14-17-6-12-20(13-7-17)37(28,34)35/h2-13,23H,14-16H2,1H3,(H2,28,34,35). The number of carbonyl (C=O) groups excluding carboxylic acids is 3. The maximum absolute atomic E-state index is 14.5. The van der Waals surface area contributed by atoms with E-state index in [1.165, 1.54) is 54.5 Å². The Labute approximate surface area is 213 Å². The average molecular weight is 526 g/mol. The van der Waals surface area contributed by atoms with Crippen molar-refractivity contribution in [3.05, 3.63) is 89.7 Å². The number of carbonyl (C=O) groups is 3. The molecular weight excluding hydrogens is 501 g/mol. The Kier molecular flexibility index (Phi) is 7.37. The van der Waals surface area contributed by atoms with Gasteiger partial charge in [-0.25, -0.2) is 22.8 Å². The molecule has 1 atom stereocenters. The number of primary sulfonamides is 1. The summed E-state index contributed by atoms with van der Waals surface area (Å²) >= 11 is 0. The molecule has 192 valence electrons. The molecule has 1 unspecified atom stereocenters. The minimum Gasteiger partial charge on any atom is -0.497 e. The average Bonchev–Trinajstić information content (AvgIpc) is 3.17. The summed E-state index contributed by atoms with van der Waals surface area (Å²) in [6.07, 6.45) is -0.0546. The van der Waals surface area contributed by atoms with Crippen LogP contribution in [-0.2, 0) is 26.0 Å². The lowest BCUT2D eigenvalue weighted by Gasteiger charge is -2.28. The molecule has 37 heavy (non-hydrogen) atoms. The predicted molar refractivity (Wildman–Crippen MR) is 133 cm³/mol. The van der Waals surface area contributed by atoms with Gasteiger partial charge >= 0.3 is 0 Å². The number of rotatable bonds is 8. The number of nitrogens with two attached hydrogens (primary N) is 1. The van der Waals surface area contributed by atoms with Crippen LogP contribution in [0.2, 0.25) is 0 Å². The first-order valence-electron chi connectivity index (χ1n) is 11.3. The van der Waals surface area contributed by atoms with Gasteiger partial charge in [0.15, 0.2) is 0 Å². The highest BCUT2D eigenvalue weighted by Gasteiger charge is 2.44. The minimum absolute atomic E-state index is 0.0258. The van der Waals surface area contributed by atoms with Crippen LogP contribution in [0.3, 0.4) is 0 Å². The second-order valence-corrected chi connectivity index (χ2v) is 9.96. The first-order chi connectivity index (χ1) is 17.6. The van der Waals surface area contributed by atoms with Gasteiger partial charge in [-0.3, -0.25) is 14.4 Å². The fourth-order valence-corrected chi connectivity index (χ4v) is 4.66. The van der Waals surface area contributed by atoms with E-state index in [9.17, 15) is 27.2 Å². The fourth-order valence-electron chi connectivity index (χ4n) is 4.15. The summed E-state index contributed by atoms with van der Waals surface area (Å²) in [7, 11) is -2.38. The maximum Gasteiger partial charge on any atom is 0.257 e. The molecular formula is C26H24FN3O6S.